The first-order chi connectivity index (χ1) is 13.9. The Hall–Kier alpha value is -3.17. The van der Waals surface area contributed by atoms with Gasteiger partial charge in [0.15, 0.2) is 5.13 Å². The molecule has 0 aliphatic rings. The Labute approximate surface area is 175 Å². The highest BCUT2D eigenvalue weighted by atomic mass is 35.5. The van der Waals surface area contributed by atoms with Crippen molar-refractivity contribution in [3.63, 3.8) is 0 Å². The van der Waals surface area contributed by atoms with Crippen LogP contribution in [0.1, 0.15) is 21.9 Å². The smallest absolute Gasteiger partial charge is 0.259 e. The number of nitrogens with zero attached hydrogens (tertiary/aromatic N) is 5. The normalized spacial score (nSPS) is 10.9. The molecule has 0 saturated heterocycles. The summed E-state index contributed by atoms with van der Waals surface area (Å²) in [5.74, 6) is 0.789. The van der Waals surface area contributed by atoms with Gasteiger partial charge >= 0.3 is 0 Å². The number of hydrogen-bond acceptors (Lipinski definition) is 8. The highest BCUT2D eigenvalue weighted by Crippen LogP contribution is 2.34. The first kappa shape index (κ1) is 19.2. The van der Waals surface area contributed by atoms with Gasteiger partial charge in [0.2, 0.25) is 0 Å². The van der Waals surface area contributed by atoms with Crippen molar-refractivity contribution in [1.29, 1.82) is 0 Å². The van der Waals surface area contributed by atoms with Crippen molar-refractivity contribution in [2.75, 3.05) is 12.4 Å². The van der Waals surface area contributed by atoms with Crippen LogP contribution >= 0.6 is 22.9 Å². The molecule has 0 aliphatic heterocycles. The number of ether oxygens (including phenoxy) is 1. The highest BCUT2D eigenvalue weighted by molar-refractivity contribution is 7.21. The number of anilines is 1. The summed E-state index contributed by atoms with van der Waals surface area (Å²) in [6.07, 6.45) is 4.67. The molecule has 4 aromatic rings. The van der Waals surface area contributed by atoms with Crippen molar-refractivity contribution in [2.45, 2.75) is 13.8 Å². The second-order valence-corrected chi connectivity index (χ2v) is 7.52. The van der Waals surface area contributed by atoms with E-state index in [2.05, 4.69) is 30.2 Å². The third-order valence-electron chi connectivity index (χ3n) is 4.12. The second kappa shape index (κ2) is 7.69. The van der Waals surface area contributed by atoms with E-state index in [1.54, 1.807) is 25.3 Å². The van der Waals surface area contributed by atoms with Crippen LogP contribution in [0.3, 0.4) is 0 Å². The predicted molar refractivity (Wildman–Crippen MR) is 112 cm³/mol. The molecule has 0 aliphatic carbocycles. The summed E-state index contributed by atoms with van der Waals surface area (Å²) < 4.78 is 5.40. The van der Waals surface area contributed by atoms with E-state index in [1.165, 1.54) is 30.8 Å². The topological polar surface area (TPSA) is 103 Å². The average molecular weight is 427 g/mol. The fourth-order valence-electron chi connectivity index (χ4n) is 2.79. The lowest BCUT2D eigenvalue weighted by Crippen LogP contribution is -2.14. The largest absolute Gasteiger partial charge is 0.494 e. The van der Waals surface area contributed by atoms with Gasteiger partial charge in [0, 0.05) is 23.0 Å². The van der Waals surface area contributed by atoms with Crippen molar-refractivity contribution in [2.24, 2.45) is 0 Å². The van der Waals surface area contributed by atoms with Crippen LogP contribution in [0.15, 0.2) is 30.7 Å². The average Bonchev–Trinajstić information content (AvgIpc) is 3.09. The lowest BCUT2D eigenvalue weighted by Gasteiger charge is -2.13. The minimum atomic E-state index is -0.355. The molecule has 146 valence electrons. The van der Waals surface area contributed by atoms with Gasteiger partial charge in [-0.05, 0) is 26.0 Å². The van der Waals surface area contributed by atoms with Crippen LogP contribution in [0.25, 0.3) is 21.5 Å². The van der Waals surface area contributed by atoms with Crippen LogP contribution in [0.4, 0.5) is 5.13 Å². The standard InChI is InChI=1S/C19H15ClN6O2S/c1-9-4-11(12-5-16(20)23-8-15(12)28-3)13(6-21-9)17(27)26-19-25-14-7-22-10(2)24-18(14)29-19/h4-8H,1-3H3,(H,25,26,27). The lowest BCUT2D eigenvalue weighted by molar-refractivity contribution is 0.102. The molecule has 0 bridgehead atoms. The quantitative estimate of drug-likeness (QED) is 0.490. The van der Waals surface area contributed by atoms with E-state index >= 15 is 0 Å². The molecule has 0 unspecified atom stereocenters. The van der Waals surface area contributed by atoms with Crippen molar-refractivity contribution in [1.82, 2.24) is 24.9 Å². The number of aromatic nitrogens is 5. The molecule has 4 heterocycles. The van der Waals surface area contributed by atoms with E-state index in [0.717, 1.165) is 5.69 Å². The molecular formula is C19H15ClN6O2S. The summed E-state index contributed by atoms with van der Waals surface area (Å²) in [6, 6.07) is 3.46. The molecule has 0 spiro atoms. The molecule has 4 aromatic heterocycles. The Kier molecular flexibility index (Phi) is 5.08. The number of carbonyl (C=O) groups excluding carboxylic acids is 1. The number of nitrogens with one attached hydrogen (secondary N) is 1. The maximum Gasteiger partial charge on any atom is 0.259 e. The van der Waals surface area contributed by atoms with Crippen molar-refractivity contribution < 1.29 is 9.53 Å². The third-order valence-corrected chi connectivity index (χ3v) is 5.21. The monoisotopic (exact) mass is 426 g/mol. The van der Waals surface area contributed by atoms with E-state index in [9.17, 15) is 4.79 Å². The number of fused-ring (bicyclic) bond motifs is 1. The Morgan fingerprint density at radius 1 is 1.07 bits per heavy atom. The summed E-state index contributed by atoms with van der Waals surface area (Å²) in [4.78, 5) is 34.9. The molecule has 29 heavy (non-hydrogen) atoms. The zero-order chi connectivity index (χ0) is 20.5. The predicted octanol–water partition coefficient (Wildman–Crippen LogP) is 4.07. The van der Waals surface area contributed by atoms with Gasteiger partial charge < -0.3 is 4.74 Å². The summed E-state index contributed by atoms with van der Waals surface area (Å²) >= 11 is 7.36. The van der Waals surface area contributed by atoms with Gasteiger partial charge in [0.25, 0.3) is 5.91 Å². The minimum absolute atomic E-state index is 0.293. The number of methoxy groups -OCH3 is 1. The Bertz CT molecular complexity index is 1240. The molecule has 4 rings (SSSR count). The number of amides is 1. The maximum atomic E-state index is 13.0. The van der Waals surface area contributed by atoms with Gasteiger partial charge in [0.05, 0.1) is 25.1 Å². The van der Waals surface area contributed by atoms with Crippen LogP contribution in [-0.2, 0) is 0 Å². The highest BCUT2D eigenvalue weighted by Gasteiger charge is 2.19. The molecule has 0 saturated carbocycles. The summed E-state index contributed by atoms with van der Waals surface area (Å²) in [6.45, 7) is 3.64. The van der Waals surface area contributed by atoms with Crippen LogP contribution in [0, 0.1) is 13.8 Å². The molecule has 0 fully saturated rings. The fraction of sp³-hybridized carbons (Fsp3) is 0.158. The molecule has 0 radical (unpaired) electrons. The SMILES string of the molecule is COc1cnc(Cl)cc1-c1cc(C)ncc1C(=O)Nc1nc2cnc(C)nc2s1. The van der Waals surface area contributed by atoms with E-state index in [-0.39, 0.29) is 5.91 Å². The third kappa shape index (κ3) is 3.87. The fourth-order valence-corrected chi connectivity index (χ4v) is 3.80. The van der Waals surface area contributed by atoms with Gasteiger partial charge in [0.1, 0.15) is 27.1 Å². The van der Waals surface area contributed by atoms with Crippen molar-refractivity contribution in [3.05, 3.63) is 53.0 Å². The van der Waals surface area contributed by atoms with Gasteiger partial charge in [-0.3, -0.25) is 15.1 Å². The number of hydrogen-bond donors (Lipinski definition) is 1. The molecule has 10 heteroatoms. The zero-order valence-corrected chi connectivity index (χ0v) is 17.3. The molecule has 1 N–H and O–H groups in total. The van der Waals surface area contributed by atoms with Crippen LogP contribution in [0.5, 0.6) is 5.75 Å². The molecule has 0 atom stereocenters. The minimum Gasteiger partial charge on any atom is -0.494 e. The number of pyridine rings is 2. The number of rotatable bonds is 4. The lowest BCUT2D eigenvalue weighted by atomic mass is 10.0. The molecular weight excluding hydrogens is 412 g/mol. The van der Waals surface area contributed by atoms with E-state index in [4.69, 9.17) is 16.3 Å². The van der Waals surface area contributed by atoms with E-state index < -0.39 is 0 Å². The Balaban J connectivity index is 1.75. The Morgan fingerprint density at radius 3 is 2.69 bits per heavy atom. The van der Waals surface area contributed by atoms with E-state index in [1.807, 2.05) is 6.92 Å². The summed E-state index contributed by atoms with van der Waals surface area (Å²) in [5, 5.41) is 3.54. The van der Waals surface area contributed by atoms with Gasteiger partial charge in [-0.15, -0.1) is 0 Å². The van der Waals surface area contributed by atoms with E-state index in [0.29, 0.717) is 48.9 Å². The number of carbonyl (C=O) groups is 1. The van der Waals surface area contributed by atoms with Gasteiger partial charge in [-0.2, -0.15) is 0 Å². The van der Waals surface area contributed by atoms with Crippen LogP contribution < -0.4 is 10.1 Å². The second-order valence-electron chi connectivity index (χ2n) is 6.16. The first-order valence-corrected chi connectivity index (χ1v) is 9.72. The summed E-state index contributed by atoms with van der Waals surface area (Å²) in [7, 11) is 1.53. The molecule has 0 aromatic carbocycles. The van der Waals surface area contributed by atoms with Gasteiger partial charge in [-0.25, -0.2) is 19.9 Å². The van der Waals surface area contributed by atoms with Crippen LogP contribution in [-0.4, -0.2) is 37.9 Å². The molecule has 8 nitrogen and oxygen atoms in total. The number of thiazole rings is 1. The van der Waals surface area contributed by atoms with Crippen molar-refractivity contribution >= 4 is 44.3 Å². The zero-order valence-electron chi connectivity index (χ0n) is 15.7. The number of aryl methyl sites for hydroxylation is 2. The number of halogens is 1. The van der Waals surface area contributed by atoms with Crippen LogP contribution in [0.2, 0.25) is 5.15 Å². The maximum absolute atomic E-state index is 13.0. The Morgan fingerprint density at radius 2 is 1.90 bits per heavy atom. The van der Waals surface area contributed by atoms with Gasteiger partial charge in [-0.1, -0.05) is 22.9 Å². The first-order valence-electron chi connectivity index (χ1n) is 8.52. The molecule has 1 amide bonds. The summed E-state index contributed by atoms with van der Waals surface area (Å²) in [5.41, 5.74) is 3.01. The van der Waals surface area contributed by atoms with Crippen molar-refractivity contribution in [3.8, 4) is 16.9 Å².